The lowest BCUT2D eigenvalue weighted by Crippen LogP contribution is -2.21. The van der Waals surface area contributed by atoms with Gasteiger partial charge in [0.05, 0.1) is 13.7 Å². The first-order valence-corrected chi connectivity index (χ1v) is 5.07. The average molecular weight is 209 g/mol. The van der Waals surface area contributed by atoms with E-state index in [-0.39, 0.29) is 0 Å². The van der Waals surface area contributed by atoms with Crippen LogP contribution in [0.25, 0.3) is 0 Å². The van der Waals surface area contributed by atoms with Crippen LogP contribution >= 0.6 is 0 Å². The van der Waals surface area contributed by atoms with Crippen LogP contribution in [-0.2, 0) is 4.74 Å². The van der Waals surface area contributed by atoms with E-state index in [9.17, 15) is 0 Å². The molecule has 84 valence electrons. The predicted octanol–water partition coefficient (Wildman–Crippen LogP) is 2.45. The Morgan fingerprint density at radius 1 is 1.33 bits per heavy atom. The van der Waals surface area contributed by atoms with Gasteiger partial charge in [-0.2, -0.15) is 0 Å². The van der Waals surface area contributed by atoms with Crippen LogP contribution in [0, 0.1) is 6.92 Å². The fourth-order valence-electron chi connectivity index (χ4n) is 1.48. The zero-order valence-corrected chi connectivity index (χ0v) is 9.83. The first-order chi connectivity index (χ1) is 7.17. The second kappa shape index (κ2) is 5.61. The smallest absolute Gasteiger partial charge is 0.119 e. The van der Waals surface area contributed by atoms with Crippen molar-refractivity contribution in [2.24, 2.45) is 0 Å². The molecule has 0 heterocycles. The molecule has 3 heteroatoms. The first kappa shape index (κ1) is 11.9. The standard InChI is InChI=1S/C12H19NO2/c1-9-7-11(15-4)5-6-12(9)13-10(2)8-14-3/h5-7,10,13H,8H2,1-4H3. The van der Waals surface area contributed by atoms with Crippen LogP contribution in [0.15, 0.2) is 18.2 Å². The van der Waals surface area contributed by atoms with Crippen LogP contribution in [0.5, 0.6) is 5.75 Å². The highest BCUT2D eigenvalue weighted by molar-refractivity contribution is 5.54. The molecule has 1 rings (SSSR count). The van der Waals surface area contributed by atoms with Gasteiger partial charge in [0, 0.05) is 18.8 Å². The number of benzene rings is 1. The van der Waals surface area contributed by atoms with Crippen LogP contribution in [-0.4, -0.2) is 26.9 Å². The normalized spacial score (nSPS) is 12.3. The first-order valence-electron chi connectivity index (χ1n) is 5.07. The van der Waals surface area contributed by atoms with E-state index in [4.69, 9.17) is 9.47 Å². The molecule has 0 spiro atoms. The van der Waals surface area contributed by atoms with E-state index in [0.29, 0.717) is 12.6 Å². The molecule has 0 aromatic heterocycles. The second-order valence-electron chi connectivity index (χ2n) is 3.68. The molecule has 0 aliphatic carbocycles. The number of aryl methyl sites for hydroxylation is 1. The molecule has 0 saturated heterocycles. The van der Waals surface area contributed by atoms with Crippen molar-refractivity contribution in [1.82, 2.24) is 0 Å². The molecule has 1 aromatic carbocycles. The third-order valence-corrected chi connectivity index (χ3v) is 2.25. The monoisotopic (exact) mass is 209 g/mol. The summed E-state index contributed by atoms with van der Waals surface area (Å²) >= 11 is 0. The molecular weight excluding hydrogens is 190 g/mol. The van der Waals surface area contributed by atoms with Crippen molar-refractivity contribution >= 4 is 5.69 Å². The van der Waals surface area contributed by atoms with Crippen molar-refractivity contribution in [1.29, 1.82) is 0 Å². The minimum absolute atomic E-state index is 0.307. The Balaban J connectivity index is 2.69. The SMILES string of the molecule is COCC(C)Nc1ccc(OC)cc1C. The molecule has 0 saturated carbocycles. The Kier molecular flexibility index (Phi) is 4.43. The molecule has 3 nitrogen and oxygen atoms in total. The third kappa shape index (κ3) is 3.44. The summed E-state index contributed by atoms with van der Waals surface area (Å²) in [5, 5.41) is 3.38. The molecule has 0 bridgehead atoms. The van der Waals surface area contributed by atoms with Crippen molar-refractivity contribution in [2.45, 2.75) is 19.9 Å². The van der Waals surface area contributed by atoms with E-state index < -0.39 is 0 Å². The van der Waals surface area contributed by atoms with Crippen molar-refractivity contribution < 1.29 is 9.47 Å². The maximum atomic E-state index is 5.15. The number of ether oxygens (including phenoxy) is 2. The van der Waals surface area contributed by atoms with Gasteiger partial charge in [-0.15, -0.1) is 0 Å². The molecule has 0 aliphatic heterocycles. The summed E-state index contributed by atoms with van der Waals surface area (Å²) in [4.78, 5) is 0. The van der Waals surface area contributed by atoms with Gasteiger partial charge in [0.15, 0.2) is 0 Å². The van der Waals surface area contributed by atoms with Gasteiger partial charge in [0.2, 0.25) is 0 Å². The van der Waals surface area contributed by atoms with Crippen molar-refractivity contribution in [3.63, 3.8) is 0 Å². The Morgan fingerprint density at radius 3 is 2.60 bits per heavy atom. The summed E-state index contributed by atoms with van der Waals surface area (Å²) < 4.78 is 10.2. The molecular formula is C12H19NO2. The fourth-order valence-corrected chi connectivity index (χ4v) is 1.48. The summed E-state index contributed by atoms with van der Waals surface area (Å²) in [5.41, 5.74) is 2.30. The highest BCUT2D eigenvalue weighted by Gasteiger charge is 2.04. The summed E-state index contributed by atoms with van der Waals surface area (Å²) in [7, 11) is 3.38. The number of hydrogen-bond donors (Lipinski definition) is 1. The van der Waals surface area contributed by atoms with E-state index >= 15 is 0 Å². The predicted molar refractivity (Wildman–Crippen MR) is 62.7 cm³/mol. The lowest BCUT2D eigenvalue weighted by atomic mass is 10.1. The number of nitrogens with one attached hydrogen (secondary N) is 1. The quantitative estimate of drug-likeness (QED) is 0.808. The van der Waals surface area contributed by atoms with Gasteiger partial charge in [-0.05, 0) is 37.6 Å². The van der Waals surface area contributed by atoms with Crippen LogP contribution < -0.4 is 10.1 Å². The Labute approximate surface area is 91.4 Å². The molecule has 0 fully saturated rings. The number of methoxy groups -OCH3 is 2. The molecule has 0 amide bonds. The van der Waals surface area contributed by atoms with Gasteiger partial charge in [0.1, 0.15) is 5.75 Å². The molecule has 0 aliphatic rings. The van der Waals surface area contributed by atoms with Crippen LogP contribution in [0.1, 0.15) is 12.5 Å². The van der Waals surface area contributed by atoms with E-state index in [1.807, 2.05) is 18.2 Å². The highest BCUT2D eigenvalue weighted by atomic mass is 16.5. The maximum absolute atomic E-state index is 5.15. The third-order valence-electron chi connectivity index (χ3n) is 2.25. The Hall–Kier alpha value is -1.22. The largest absolute Gasteiger partial charge is 0.497 e. The van der Waals surface area contributed by atoms with Crippen LogP contribution in [0.2, 0.25) is 0 Å². The van der Waals surface area contributed by atoms with Crippen LogP contribution in [0.3, 0.4) is 0 Å². The van der Waals surface area contributed by atoms with Crippen LogP contribution in [0.4, 0.5) is 5.69 Å². The fraction of sp³-hybridized carbons (Fsp3) is 0.500. The van der Waals surface area contributed by atoms with Gasteiger partial charge in [-0.1, -0.05) is 0 Å². The zero-order valence-electron chi connectivity index (χ0n) is 9.83. The van der Waals surface area contributed by atoms with Gasteiger partial charge >= 0.3 is 0 Å². The van der Waals surface area contributed by atoms with Crippen molar-refractivity contribution in [3.8, 4) is 5.75 Å². The average Bonchev–Trinajstić information content (AvgIpc) is 2.21. The highest BCUT2D eigenvalue weighted by Crippen LogP contribution is 2.21. The summed E-state index contributed by atoms with van der Waals surface area (Å²) in [6.45, 7) is 4.85. The number of rotatable bonds is 5. The lowest BCUT2D eigenvalue weighted by Gasteiger charge is -2.16. The summed E-state index contributed by atoms with van der Waals surface area (Å²) in [6.07, 6.45) is 0. The number of anilines is 1. The maximum Gasteiger partial charge on any atom is 0.119 e. The number of hydrogen-bond acceptors (Lipinski definition) is 3. The minimum atomic E-state index is 0.307. The molecule has 1 atom stereocenters. The second-order valence-corrected chi connectivity index (χ2v) is 3.68. The summed E-state index contributed by atoms with van der Waals surface area (Å²) in [6, 6.07) is 6.30. The van der Waals surface area contributed by atoms with E-state index in [1.165, 1.54) is 5.56 Å². The zero-order chi connectivity index (χ0) is 11.3. The van der Waals surface area contributed by atoms with E-state index in [1.54, 1.807) is 14.2 Å². The van der Waals surface area contributed by atoms with Crippen molar-refractivity contribution in [3.05, 3.63) is 23.8 Å². The molecule has 1 unspecified atom stereocenters. The van der Waals surface area contributed by atoms with Gasteiger partial charge < -0.3 is 14.8 Å². The Morgan fingerprint density at radius 2 is 2.07 bits per heavy atom. The topological polar surface area (TPSA) is 30.5 Å². The molecule has 15 heavy (non-hydrogen) atoms. The van der Waals surface area contributed by atoms with E-state index in [2.05, 4.69) is 19.2 Å². The van der Waals surface area contributed by atoms with Crippen molar-refractivity contribution in [2.75, 3.05) is 26.1 Å². The van der Waals surface area contributed by atoms with E-state index in [0.717, 1.165) is 11.4 Å². The lowest BCUT2D eigenvalue weighted by molar-refractivity contribution is 0.190. The summed E-state index contributed by atoms with van der Waals surface area (Å²) in [5.74, 6) is 0.887. The molecule has 1 aromatic rings. The Bertz CT molecular complexity index is 312. The minimum Gasteiger partial charge on any atom is -0.497 e. The molecule has 0 radical (unpaired) electrons. The molecule has 1 N–H and O–H groups in total. The van der Waals surface area contributed by atoms with Gasteiger partial charge in [-0.25, -0.2) is 0 Å². The van der Waals surface area contributed by atoms with Gasteiger partial charge in [-0.3, -0.25) is 0 Å². The van der Waals surface area contributed by atoms with Gasteiger partial charge in [0.25, 0.3) is 0 Å².